The lowest BCUT2D eigenvalue weighted by molar-refractivity contribution is 0.394. The molecular formula is C11H14N4O. The van der Waals surface area contributed by atoms with Crippen molar-refractivity contribution in [1.29, 1.82) is 0 Å². The molecule has 5 heteroatoms. The molecule has 0 aromatic carbocycles. The first-order chi connectivity index (χ1) is 7.68. The maximum Gasteiger partial charge on any atom is 0.247 e. The van der Waals surface area contributed by atoms with Crippen molar-refractivity contribution >= 4 is 0 Å². The van der Waals surface area contributed by atoms with Crippen molar-refractivity contribution in [3.8, 4) is 11.5 Å². The fraction of sp³-hybridized carbons (Fsp3) is 0.364. The second-order valence-electron chi connectivity index (χ2n) is 3.95. The van der Waals surface area contributed by atoms with Crippen molar-refractivity contribution in [3.05, 3.63) is 30.4 Å². The first-order valence-corrected chi connectivity index (χ1v) is 5.18. The minimum atomic E-state index is -0.219. The van der Waals surface area contributed by atoms with E-state index < -0.39 is 0 Å². The zero-order chi connectivity index (χ0) is 11.5. The first kappa shape index (κ1) is 10.8. The highest BCUT2D eigenvalue weighted by Crippen LogP contribution is 2.22. The largest absolute Gasteiger partial charge is 0.419 e. The number of nitrogens with two attached hydrogens (primary N) is 1. The van der Waals surface area contributed by atoms with E-state index >= 15 is 0 Å². The van der Waals surface area contributed by atoms with Crippen LogP contribution >= 0.6 is 0 Å². The molecule has 84 valence electrons. The van der Waals surface area contributed by atoms with Gasteiger partial charge in [-0.2, -0.15) is 0 Å². The summed E-state index contributed by atoms with van der Waals surface area (Å²) in [5, 5.41) is 7.92. The highest BCUT2D eigenvalue weighted by Gasteiger charge is 2.18. The zero-order valence-electron chi connectivity index (χ0n) is 9.29. The van der Waals surface area contributed by atoms with E-state index in [9.17, 15) is 0 Å². The molecule has 0 saturated heterocycles. The maximum atomic E-state index is 5.92. The van der Waals surface area contributed by atoms with Crippen molar-refractivity contribution in [2.24, 2.45) is 11.7 Å². The minimum absolute atomic E-state index is 0.219. The summed E-state index contributed by atoms with van der Waals surface area (Å²) >= 11 is 0. The van der Waals surface area contributed by atoms with Gasteiger partial charge in [0.25, 0.3) is 0 Å². The summed E-state index contributed by atoms with van der Waals surface area (Å²) in [6.07, 6.45) is 3.36. The van der Waals surface area contributed by atoms with Gasteiger partial charge in [0.15, 0.2) is 0 Å². The molecule has 0 aliphatic heterocycles. The molecule has 0 unspecified atom stereocenters. The van der Waals surface area contributed by atoms with E-state index in [1.807, 2.05) is 26.0 Å². The van der Waals surface area contributed by atoms with Crippen molar-refractivity contribution in [1.82, 2.24) is 15.2 Å². The van der Waals surface area contributed by atoms with Crippen molar-refractivity contribution in [3.63, 3.8) is 0 Å². The van der Waals surface area contributed by atoms with Crippen molar-refractivity contribution < 1.29 is 4.42 Å². The third-order valence-electron chi connectivity index (χ3n) is 2.37. The van der Waals surface area contributed by atoms with Crippen LogP contribution in [-0.4, -0.2) is 15.2 Å². The molecule has 5 nitrogen and oxygen atoms in total. The second kappa shape index (κ2) is 4.40. The molecule has 2 aromatic rings. The van der Waals surface area contributed by atoms with Gasteiger partial charge in [-0.1, -0.05) is 13.8 Å². The van der Waals surface area contributed by atoms with Crippen LogP contribution in [0.1, 0.15) is 25.8 Å². The molecular weight excluding hydrogens is 204 g/mol. The molecule has 0 spiro atoms. The molecule has 0 amide bonds. The zero-order valence-corrected chi connectivity index (χ0v) is 9.29. The Morgan fingerprint density at radius 1 is 1.19 bits per heavy atom. The highest BCUT2D eigenvalue weighted by atomic mass is 16.4. The van der Waals surface area contributed by atoms with Crippen LogP contribution in [0.3, 0.4) is 0 Å². The lowest BCUT2D eigenvalue weighted by Gasteiger charge is -2.09. The van der Waals surface area contributed by atoms with Crippen molar-refractivity contribution in [2.75, 3.05) is 0 Å². The Labute approximate surface area is 93.7 Å². The Morgan fingerprint density at radius 2 is 1.88 bits per heavy atom. The molecule has 0 bridgehead atoms. The summed E-state index contributed by atoms with van der Waals surface area (Å²) in [5.41, 5.74) is 6.77. The summed E-state index contributed by atoms with van der Waals surface area (Å²) in [6, 6.07) is 3.42. The Morgan fingerprint density at radius 3 is 2.50 bits per heavy atom. The van der Waals surface area contributed by atoms with E-state index in [1.165, 1.54) is 0 Å². The fourth-order valence-corrected chi connectivity index (χ4v) is 1.27. The van der Waals surface area contributed by atoms with E-state index in [2.05, 4.69) is 15.2 Å². The summed E-state index contributed by atoms with van der Waals surface area (Å²) in [5.74, 6) is 1.22. The molecule has 0 aliphatic carbocycles. The molecule has 0 saturated carbocycles. The second-order valence-corrected chi connectivity index (χ2v) is 3.95. The normalized spacial score (nSPS) is 13.0. The van der Waals surface area contributed by atoms with Crippen LogP contribution in [0.5, 0.6) is 0 Å². The van der Waals surface area contributed by atoms with Crippen LogP contribution in [0.25, 0.3) is 11.5 Å². The number of aromatic nitrogens is 3. The number of hydrogen-bond donors (Lipinski definition) is 1. The molecule has 0 fully saturated rings. The predicted molar refractivity (Wildman–Crippen MR) is 59.3 cm³/mol. The summed E-state index contributed by atoms with van der Waals surface area (Å²) in [7, 11) is 0. The quantitative estimate of drug-likeness (QED) is 0.849. The van der Waals surface area contributed by atoms with Crippen LogP contribution in [0.15, 0.2) is 28.9 Å². The summed E-state index contributed by atoms with van der Waals surface area (Å²) in [6.45, 7) is 4.03. The summed E-state index contributed by atoms with van der Waals surface area (Å²) < 4.78 is 5.52. The third-order valence-corrected chi connectivity index (χ3v) is 2.37. The van der Waals surface area contributed by atoms with E-state index in [4.69, 9.17) is 10.2 Å². The van der Waals surface area contributed by atoms with Gasteiger partial charge in [0.05, 0.1) is 6.04 Å². The van der Waals surface area contributed by atoms with Gasteiger partial charge in [-0.05, 0) is 18.1 Å². The molecule has 2 rings (SSSR count). The van der Waals surface area contributed by atoms with Gasteiger partial charge < -0.3 is 10.2 Å². The number of nitrogens with zero attached hydrogens (tertiary/aromatic N) is 3. The minimum Gasteiger partial charge on any atom is -0.419 e. The predicted octanol–water partition coefficient (Wildman–Crippen LogP) is 1.79. The Balaban J connectivity index is 2.27. The number of pyridine rings is 1. The molecule has 0 radical (unpaired) electrons. The van der Waals surface area contributed by atoms with E-state index in [-0.39, 0.29) is 12.0 Å². The van der Waals surface area contributed by atoms with Crippen LogP contribution in [-0.2, 0) is 0 Å². The Hall–Kier alpha value is -1.75. The smallest absolute Gasteiger partial charge is 0.247 e. The molecule has 2 aromatic heterocycles. The van der Waals surface area contributed by atoms with Crippen molar-refractivity contribution in [2.45, 2.75) is 19.9 Å². The van der Waals surface area contributed by atoms with Gasteiger partial charge >= 0.3 is 0 Å². The fourth-order valence-electron chi connectivity index (χ4n) is 1.27. The Kier molecular flexibility index (Phi) is 2.96. The topological polar surface area (TPSA) is 77.8 Å². The van der Waals surface area contributed by atoms with Crippen LogP contribution < -0.4 is 5.73 Å². The third kappa shape index (κ3) is 2.09. The van der Waals surface area contributed by atoms with Gasteiger partial charge in [0.1, 0.15) is 0 Å². The van der Waals surface area contributed by atoms with Gasteiger partial charge in [-0.25, -0.2) is 0 Å². The van der Waals surface area contributed by atoms with E-state index in [0.29, 0.717) is 11.8 Å². The van der Waals surface area contributed by atoms with Gasteiger partial charge in [0, 0.05) is 18.0 Å². The van der Waals surface area contributed by atoms with Crippen LogP contribution in [0.4, 0.5) is 0 Å². The molecule has 1 atom stereocenters. The van der Waals surface area contributed by atoms with Gasteiger partial charge in [-0.15, -0.1) is 10.2 Å². The average molecular weight is 218 g/mol. The first-order valence-electron chi connectivity index (χ1n) is 5.18. The number of hydrogen-bond acceptors (Lipinski definition) is 5. The van der Waals surface area contributed by atoms with E-state index in [1.54, 1.807) is 12.4 Å². The molecule has 2 heterocycles. The SMILES string of the molecule is CC(C)[C@H](N)c1nnc(-c2ccncc2)o1. The van der Waals surface area contributed by atoms with Gasteiger partial charge in [-0.3, -0.25) is 4.98 Å². The Bertz CT molecular complexity index is 452. The monoisotopic (exact) mass is 218 g/mol. The number of rotatable bonds is 3. The molecule has 2 N–H and O–H groups in total. The lowest BCUT2D eigenvalue weighted by atomic mass is 10.1. The standard InChI is InChI=1S/C11H14N4O/c1-7(2)9(12)11-15-14-10(16-11)8-3-5-13-6-4-8/h3-7,9H,12H2,1-2H3/t9-/m0/s1. The maximum absolute atomic E-state index is 5.92. The highest BCUT2D eigenvalue weighted by molar-refractivity contribution is 5.50. The lowest BCUT2D eigenvalue weighted by Crippen LogP contribution is -2.16. The molecule has 0 aliphatic rings. The molecule has 16 heavy (non-hydrogen) atoms. The van der Waals surface area contributed by atoms with Gasteiger partial charge in [0.2, 0.25) is 11.8 Å². The van der Waals surface area contributed by atoms with E-state index in [0.717, 1.165) is 5.56 Å². The average Bonchev–Trinajstić information content (AvgIpc) is 2.78. The van der Waals surface area contributed by atoms with Crippen LogP contribution in [0, 0.1) is 5.92 Å². The summed E-state index contributed by atoms with van der Waals surface area (Å²) in [4.78, 5) is 3.93. The van der Waals surface area contributed by atoms with Crippen LogP contribution in [0.2, 0.25) is 0 Å².